The Morgan fingerprint density at radius 3 is 2.85 bits per heavy atom. The van der Waals surface area contributed by atoms with E-state index < -0.39 is 5.97 Å². The molecule has 20 heavy (non-hydrogen) atoms. The fourth-order valence-corrected chi connectivity index (χ4v) is 2.73. The van der Waals surface area contributed by atoms with Gasteiger partial charge in [-0.15, -0.1) is 22.0 Å². The highest BCUT2D eigenvalue weighted by atomic mass is 32.2. The van der Waals surface area contributed by atoms with Crippen molar-refractivity contribution >= 4 is 35.4 Å². The van der Waals surface area contributed by atoms with Crippen LogP contribution in [0.25, 0.3) is 0 Å². The van der Waals surface area contributed by atoms with Crippen LogP contribution in [0.5, 0.6) is 0 Å². The van der Waals surface area contributed by atoms with Crippen molar-refractivity contribution in [2.24, 2.45) is 0 Å². The second-order valence-corrected chi connectivity index (χ2v) is 6.25. The standard InChI is InChI=1S/C11H18N4O3S2/c1-8(2)15-7-13-14-11(15)20-5-9(16)12-3-4-19-6-10(17)18/h7-8H,3-6H2,1-2H3,(H,12,16)(H,17,18). The lowest BCUT2D eigenvalue weighted by molar-refractivity contribution is -0.133. The van der Waals surface area contributed by atoms with Crippen molar-refractivity contribution in [2.45, 2.75) is 25.0 Å². The van der Waals surface area contributed by atoms with Crippen LogP contribution in [0.4, 0.5) is 0 Å². The van der Waals surface area contributed by atoms with Crippen LogP contribution in [0, 0.1) is 0 Å². The number of aliphatic carboxylic acids is 1. The molecule has 1 amide bonds. The van der Waals surface area contributed by atoms with Gasteiger partial charge in [0.2, 0.25) is 5.91 Å². The molecule has 0 aromatic carbocycles. The zero-order valence-corrected chi connectivity index (χ0v) is 13.0. The molecule has 0 spiro atoms. The average molecular weight is 318 g/mol. The van der Waals surface area contributed by atoms with Crippen molar-refractivity contribution in [3.05, 3.63) is 6.33 Å². The summed E-state index contributed by atoms with van der Waals surface area (Å²) in [5, 5.41) is 19.7. The van der Waals surface area contributed by atoms with E-state index in [9.17, 15) is 9.59 Å². The summed E-state index contributed by atoms with van der Waals surface area (Å²) in [6.45, 7) is 4.51. The molecule has 1 aromatic rings. The number of carbonyl (C=O) groups excluding carboxylic acids is 1. The zero-order chi connectivity index (χ0) is 15.0. The number of thioether (sulfide) groups is 2. The van der Waals surface area contributed by atoms with Crippen LogP contribution in [0.2, 0.25) is 0 Å². The minimum atomic E-state index is -0.843. The van der Waals surface area contributed by atoms with Gasteiger partial charge >= 0.3 is 5.97 Å². The Bertz CT molecular complexity index is 451. The number of aromatic nitrogens is 3. The average Bonchev–Trinajstić information content (AvgIpc) is 2.84. The zero-order valence-electron chi connectivity index (χ0n) is 11.4. The third-order valence-corrected chi connectivity index (χ3v) is 4.12. The molecule has 1 aromatic heterocycles. The van der Waals surface area contributed by atoms with Crippen LogP contribution in [-0.2, 0) is 9.59 Å². The number of carbonyl (C=O) groups is 2. The molecule has 0 saturated carbocycles. The Morgan fingerprint density at radius 2 is 2.20 bits per heavy atom. The van der Waals surface area contributed by atoms with E-state index in [1.807, 2.05) is 18.4 Å². The maximum Gasteiger partial charge on any atom is 0.313 e. The van der Waals surface area contributed by atoms with Gasteiger partial charge in [0.05, 0.1) is 11.5 Å². The van der Waals surface area contributed by atoms with E-state index in [0.29, 0.717) is 12.3 Å². The summed E-state index contributed by atoms with van der Waals surface area (Å²) in [5.41, 5.74) is 0. The minimum Gasteiger partial charge on any atom is -0.481 e. The highest BCUT2D eigenvalue weighted by Crippen LogP contribution is 2.18. The summed E-state index contributed by atoms with van der Waals surface area (Å²) in [6.07, 6.45) is 1.65. The Kier molecular flexibility index (Phi) is 7.45. The predicted octanol–water partition coefficient (Wildman–Crippen LogP) is 0.885. The first kappa shape index (κ1) is 16.8. The van der Waals surface area contributed by atoms with Crippen LogP contribution in [-0.4, -0.2) is 55.6 Å². The maximum atomic E-state index is 11.6. The SMILES string of the molecule is CC(C)n1cnnc1SCC(=O)NCCSCC(=O)O. The van der Waals surface area contributed by atoms with E-state index >= 15 is 0 Å². The first-order valence-corrected chi connectivity index (χ1v) is 8.23. The number of amides is 1. The normalized spacial score (nSPS) is 10.8. The third kappa shape index (κ3) is 6.29. The predicted molar refractivity (Wildman–Crippen MR) is 79.1 cm³/mol. The number of carboxylic acids is 1. The molecular formula is C11H18N4O3S2. The number of hydrogen-bond donors (Lipinski definition) is 2. The van der Waals surface area contributed by atoms with Crippen molar-refractivity contribution in [3.63, 3.8) is 0 Å². The lowest BCUT2D eigenvalue weighted by Crippen LogP contribution is -2.27. The third-order valence-electron chi connectivity index (χ3n) is 2.22. The first-order chi connectivity index (χ1) is 9.50. The monoisotopic (exact) mass is 318 g/mol. The molecule has 112 valence electrons. The number of hydrogen-bond acceptors (Lipinski definition) is 6. The van der Waals surface area contributed by atoms with E-state index in [4.69, 9.17) is 5.11 Å². The molecule has 0 radical (unpaired) electrons. The molecule has 0 bridgehead atoms. The maximum absolute atomic E-state index is 11.6. The van der Waals surface area contributed by atoms with E-state index in [1.165, 1.54) is 23.5 Å². The van der Waals surface area contributed by atoms with Crippen LogP contribution in [0.15, 0.2) is 11.5 Å². The Hall–Kier alpha value is -1.22. The highest BCUT2D eigenvalue weighted by molar-refractivity contribution is 8.00. The van der Waals surface area contributed by atoms with Gasteiger partial charge in [-0.05, 0) is 13.8 Å². The molecule has 1 heterocycles. The molecule has 0 unspecified atom stereocenters. The molecule has 9 heteroatoms. The van der Waals surface area contributed by atoms with Crippen molar-refractivity contribution in [1.82, 2.24) is 20.1 Å². The van der Waals surface area contributed by atoms with Gasteiger partial charge in [-0.2, -0.15) is 0 Å². The number of nitrogens with one attached hydrogen (secondary N) is 1. The van der Waals surface area contributed by atoms with Crippen molar-refractivity contribution in [2.75, 3.05) is 23.8 Å². The van der Waals surface area contributed by atoms with E-state index in [-0.39, 0.29) is 23.5 Å². The Balaban J connectivity index is 2.20. The topological polar surface area (TPSA) is 97.1 Å². The van der Waals surface area contributed by atoms with Crippen LogP contribution < -0.4 is 5.32 Å². The summed E-state index contributed by atoms with van der Waals surface area (Å²) in [4.78, 5) is 21.9. The van der Waals surface area contributed by atoms with Gasteiger partial charge in [0.1, 0.15) is 6.33 Å². The van der Waals surface area contributed by atoms with E-state index in [0.717, 1.165) is 5.16 Å². The molecule has 0 fully saturated rings. The van der Waals surface area contributed by atoms with Gasteiger partial charge < -0.3 is 15.0 Å². The summed E-state index contributed by atoms with van der Waals surface area (Å²) in [5.74, 6) is -0.0173. The summed E-state index contributed by atoms with van der Waals surface area (Å²) < 4.78 is 1.90. The van der Waals surface area contributed by atoms with Crippen LogP contribution >= 0.6 is 23.5 Å². The minimum absolute atomic E-state index is 0.0577. The summed E-state index contributed by atoms with van der Waals surface area (Å²) in [6, 6.07) is 0.253. The van der Waals surface area contributed by atoms with Gasteiger partial charge in [0.25, 0.3) is 0 Å². The Labute approximate surface area is 125 Å². The molecule has 0 aliphatic rings. The van der Waals surface area contributed by atoms with Gasteiger partial charge in [-0.3, -0.25) is 9.59 Å². The molecular weight excluding hydrogens is 300 g/mol. The highest BCUT2D eigenvalue weighted by Gasteiger charge is 2.10. The Morgan fingerprint density at radius 1 is 1.45 bits per heavy atom. The van der Waals surface area contributed by atoms with Crippen molar-refractivity contribution < 1.29 is 14.7 Å². The summed E-state index contributed by atoms with van der Waals surface area (Å²) >= 11 is 2.61. The molecule has 7 nitrogen and oxygen atoms in total. The second kappa shape index (κ2) is 8.85. The van der Waals surface area contributed by atoms with Gasteiger partial charge in [-0.25, -0.2) is 0 Å². The number of carboxylic acid groups (broad SMARTS) is 1. The second-order valence-electron chi connectivity index (χ2n) is 4.20. The van der Waals surface area contributed by atoms with Gasteiger partial charge in [-0.1, -0.05) is 11.8 Å². The molecule has 0 atom stereocenters. The van der Waals surface area contributed by atoms with E-state index in [1.54, 1.807) is 6.33 Å². The molecule has 0 aliphatic heterocycles. The largest absolute Gasteiger partial charge is 0.481 e. The lowest BCUT2D eigenvalue weighted by atomic mass is 10.4. The van der Waals surface area contributed by atoms with Gasteiger partial charge in [0.15, 0.2) is 5.16 Å². The van der Waals surface area contributed by atoms with Gasteiger partial charge in [0, 0.05) is 18.3 Å². The molecule has 1 rings (SSSR count). The van der Waals surface area contributed by atoms with E-state index in [2.05, 4.69) is 15.5 Å². The molecule has 0 aliphatic carbocycles. The van der Waals surface area contributed by atoms with Crippen LogP contribution in [0.1, 0.15) is 19.9 Å². The number of rotatable bonds is 9. The quantitative estimate of drug-likeness (QED) is 0.515. The molecule has 0 saturated heterocycles. The molecule has 2 N–H and O–H groups in total. The first-order valence-electron chi connectivity index (χ1n) is 6.09. The fourth-order valence-electron chi connectivity index (χ4n) is 1.29. The lowest BCUT2D eigenvalue weighted by Gasteiger charge is -2.09. The fraction of sp³-hybridized carbons (Fsp3) is 0.636. The number of nitrogens with zero attached hydrogens (tertiary/aromatic N) is 3. The summed E-state index contributed by atoms with van der Waals surface area (Å²) in [7, 11) is 0. The van der Waals surface area contributed by atoms with Crippen molar-refractivity contribution in [1.29, 1.82) is 0 Å². The smallest absolute Gasteiger partial charge is 0.313 e. The van der Waals surface area contributed by atoms with Crippen LogP contribution in [0.3, 0.4) is 0 Å². The van der Waals surface area contributed by atoms with Crippen molar-refractivity contribution in [3.8, 4) is 0 Å².